The van der Waals surface area contributed by atoms with Crippen LogP contribution in [0.5, 0.6) is 0 Å². The summed E-state index contributed by atoms with van der Waals surface area (Å²) in [5.74, 6) is 2.60. The Morgan fingerprint density at radius 3 is 2.44 bits per heavy atom. The van der Waals surface area contributed by atoms with Gasteiger partial charge in [-0.15, -0.1) is 0 Å². The van der Waals surface area contributed by atoms with E-state index in [4.69, 9.17) is 0 Å². The molecule has 0 aliphatic carbocycles. The van der Waals surface area contributed by atoms with Crippen molar-refractivity contribution in [3.05, 3.63) is 34.9 Å². The average molecular weight is 238 g/mol. The average Bonchev–Trinajstić information content (AvgIpc) is 2.16. The lowest BCUT2D eigenvalue weighted by Crippen LogP contribution is -2.05. The normalized spacial score (nSPS) is 13.1. The van der Waals surface area contributed by atoms with Crippen LogP contribution in [-0.2, 0) is 0 Å². The molecule has 0 spiro atoms. The Kier molecular flexibility index (Phi) is 5.36. The molecule has 1 nitrogen and oxygen atoms in total. The highest BCUT2D eigenvalue weighted by atomic mass is 32.2. The van der Waals surface area contributed by atoms with Gasteiger partial charge in [0, 0.05) is 5.75 Å². The lowest BCUT2D eigenvalue weighted by atomic mass is 10.0. The lowest BCUT2D eigenvalue weighted by Gasteiger charge is -2.14. The van der Waals surface area contributed by atoms with Gasteiger partial charge in [-0.25, -0.2) is 0 Å². The maximum atomic E-state index is 10.1. The van der Waals surface area contributed by atoms with Gasteiger partial charge < -0.3 is 5.11 Å². The molecular formula is C14H22OS. The third-order valence-electron chi connectivity index (χ3n) is 2.51. The Bertz CT molecular complexity index is 334. The first kappa shape index (κ1) is 13.6. The second kappa shape index (κ2) is 6.31. The Hall–Kier alpha value is -0.470. The molecule has 1 aromatic rings. The number of hydrogen-bond donors (Lipinski definition) is 1. The lowest BCUT2D eigenvalue weighted by molar-refractivity contribution is 0.203. The van der Waals surface area contributed by atoms with E-state index in [2.05, 4.69) is 39.8 Å². The first-order chi connectivity index (χ1) is 7.50. The minimum atomic E-state index is -0.329. The molecule has 1 aromatic carbocycles. The van der Waals surface area contributed by atoms with E-state index in [0.717, 1.165) is 17.1 Å². The van der Waals surface area contributed by atoms with Gasteiger partial charge in [0.15, 0.2) is 0 Å². The molecule has 0 radical (unpaired) electrons. The van der Waals surface area contributed by atoms with Crippen LogP contribution in [0, 0.1) is 19.8 Å². The van der Waals surface area contributed by atoms with Gasteiger partial charge in [0.05, 0.1) is 6.10 Å². The molecule has 16 heavy (non-hydrogen) atoms. The largest absolute Gasteiger partial charge is 0.388 e. The number of aliphatic hydroxyl groups excluding tert-OH is 1. The molecule has 1 unspecified atom stereocenters. The van der Waals surface area contributed by atoms with E-state index in [1.54, 1.807) is 0 Å². The molecule has 0 aromatic heterocycles. The van der Waals surface area contributed by atoms with Crippen LogP contribution >= 0.6 is 11.8 Å². The SMILES string of the molecule is Cc1ccc(C(O)CSCC(C)C)c(C)c1. The van der Waals surface area contributed by atoms with Gasteiger partial charge >= 0.3 is 0 Å². The van der Waals surface area contributed by atoms with Crippen molar-refractivity contribution in [2.45, 2.75) is 33.8 Å². The van der Waals surface area contributed by atoms with Crippen LogP contribution in [0.4, 0.5) is 0 Å². The van der Waals surface area contributed by atoms with E-state index in [1.165, 1.54) is 11.1 Å². The smallest absolute Gasteiger partial charge is 0.0882 e. The highest BCUT2D eigenvalue weighted by Gasteiger charge is 2.10. The number of hydrogen-bond acceptors (Lipinski definition) is 2. The Morgan fingerprint density at radius 2 is 1.88 bits per heavy atom. The van der Waals surface area contributed by atoms with Gasteiger partial charge in [0.25, 0.3) is 0 Å². The molecule has 0 aliphatic rings. The predicted octanol–water partition coefficient (Wildman–Crippen LogP) is 3.73. The van der Waals surface area contributed by atoms with Crippen LogP contribution in [0.1, 0.15) is 36.6 Å². The maximum absolute atomic E-state index is 10.1. The topological polar surface area (TPSA) is 20.2 Å². The van der Waals surface area contributed by atoms with E-state index >= 15 is 0 Å². The summed E-state index contributed by atoms with van der Waals surface area (Å²) >= 11 is 1.83. The van der Waals surface area contributed by atoms with Crippen molar-refractivity contribution in [2.75, 3.05) is 11.5 Å². The summed E-state index contributed by atoms with van der Waals surface area (Å²) in [6.45, 7) is 8.56. The van der Waals surface area contributed by atoms with Crippen molar-refractivity contribution in [3.8, 4) is 0 Å². The Morgan fingerprint density at radius 1 is 1.19 bits per heavy atom. The van der Waals surface area contributed by atoms with Gasteiger partial charge in [-0.05, 0) is 36.6 Å². The van der Waals surface area contributed by atoms with E-state index in [0.29, 0.717) is 5.92 Å². The summed E-state index contributed by atoms with van der Waals surface area (Å²) in [6, 6.07) is 6.25. The maximum Gasteiger partial charge on any atom is 0.0882 e. The summed E-state index contributed by atoms with van der Waals surface area (Å²) in [7, 11) is 0. The highest BCUT2D eigenvalue weighted by molar-refractivity contribution is 7.99. The molecular weight excluding hydrogens is 216 g/mol. The van der Waals surface area contributed by atoms with Crippen LogP contribution < -0.4 is 0 Å². The fourth-order valence-corrected chi connectivity index (χ4v) is 2.71. The van der Waals surface area contributed by atoms with Crippen LogP contribution in [0.3, 0.4) is 0 Å². The second-order valence-electron chi connectivity index (χ2n) is 4.81. The van der Waals surface area contributed by atoms with Gasteiger partial charge in [-0.2, -0.15) is 11.8 Å². The van der Waals surface area contributed by atoms with Crippen molar-refractivity contribution in [1.29, 1.82) is 0 Å². The fraction of sp³-hybridized carbons (Fsp3) is 0.571. The molecule has 0 amide bonds. The van der Waals surface area contributed by atoms with Crippen molar-refractivity contribution in [3.63, 3.8) is 0 Å². The van der Waals surface area contributed by atoms with E-state index < -0.39 is 0 Å². The number of rotatable bonds is 5. The third-order valence-corrected chi connectivity index (χ3v) is 3.97. The van der Waals surface area contributed by atoms with Crippen molar-refractivity contribution < 1.29 is 5.11 Å². The summed E-state index contributed by atoms with van der Waals surface area (Å²) < 4.78 is 0. The summed E-state index contributed by atoms with van der Waals surface area (Å²) in [4.78, 5) is 0. The van der Waals surface area contributed by atoms with Crippen LogP contribution in [-0.4, -0.2) is 16.6 Å². The molecule has 0 bridgehead atoms. The zero-order valence-electron chi connectivity index (χ0n) is 10.7. The predicted molar refractivity (Wildman–Crippen MR) is 73.0 cm³/mol. The molecule has 0 fully saturated rings. The molecule has 90 valence electrons. The minimum absolute atomic E-state index is 0.329. The van der Waals surface area contributed by atoms with Crippen LogP contribution in [0.15, 0.2) is 18.2 Å². The van der Waals surface area contributed by atoms with Gasteiger partial charge in [0.2, 0.25) is 0 Å². The summed E-state index contributed by atoms with van der Waals surface area (Å²) in [5, 5.41) is 10.1. The zero-order chi connectivity index (χ0) is 12.1. The van der Waals surface area contributed by atoms with Gasteiger partial charge in [-0.1, -0.05) is 37.6 Å². The molecule has 0 heterocycles. The quantitative estimate of drug-likeness (QED) is 0.843. The van der Waals surface area contributed by atoms with E-state index in [1.807, 2.05) is 17.8 Å². The molecule has 1 rings (SSSR count). The van der Waals surface area contributed by atoms with Crippen LogP contribution in [0.25, 0.3) is 0 Å². The number of aryl methyl sites for hydroxylation is 2. The monoisotopic (exact) mass is 238 g/mol. The molecule has 2 heteroatoms. The zero-order valence-corrected chi connectivity index (χ0v) is 11.5. The Labute approximate surface area is 103 Å². The molecule has 0 aliphatic heterocycles. The Balaban J connectivity index is 2.55. The van der Waals surface area contributed by atoms with Crippen molar-refractivity contribution >= 4 is 11.8 Å². The van der Waals surface area contributed by atoms with Gasteiger partial charge in [-0.3, -0.25) is 0 Å². The number of aliphatic hydroxyl groups is 1. The highest BCUT2D eigenvalue weighted by Crippen LogP contribution is 2.23. The van der Waals surface area contributed by atoms with Crippen molar-refractivity contribution in [2.24, 2.45) is 5.92 Å². The summed E-state index contributed by atoms with van der Waals surface area (Å²) in [6.07, 6.45) is -0.329. The molecule has 1 atom stereocenters. The number of thioether (sulfide) groups is 1. The van der Waals surface area contributed by atoms with Crippen molar-refractivity contribution in [1.82, 2.24) is 0 Å². The third kappa shape index (κ3) is 4.18. The molecule has 1 N–H and O–H groups in total. The van der Waals surface area contributed by atoms with Crippen LogP contribution in [0.2, 0.25) is 0 Å². The fourth-order valence-electron chi connectivity index (χ4n) is 1.70. The van der Waals surface area contributed by atoms with E-state index in [9.17, 15) is 5.11 Å². The molecule has 0 saturated heterocycles. The summed E-state index contributed by atoms with van der Waals surface area (Å²) in [5.41, 5.74) is 3.52. The minimum Gasteiger partial charge on any atom is -0.388 e. The first-order valence-electron chi connectivity index (χ1n) is 5.83. The number of benzene rings is 1. The molecule has 0 saturated carbocycles. The standard InChI is InChI=1S/C14H22OS/c1-10(2)8-16-9-14(15)13-6-5-11(3)7-12(13)4/h5-7,10,14-15H,8-9H2,1-4H3. The second-order valence-corrected chi connectivity index (χ2v) is 5.88. The van der Waals surface area contributed by atoms with E-state index in [-0.39, 0.29) is 6.10 Å². The van der Waals surface area contributed by atoms with Gasteiger partial charge in [0.1, 0.15) is 0 Å². The first-order valence-corrected chi connectivity index (χ1v) is 6.99.